The minimum Gasteiger partial charge on any atom is -0.369 e. The molecule has 0 radical (unpaired) electrons. The van der Waals surface area contributed by atoms with Crippen molar-refractivity contribution in [1.29, 1.82) is 0 Å². The van der Waals surface area contributed by atoms with E-state index in [0.29, 0.717) is 0 Å². The summed E-state index contributed by atoms with van der Waals surface area (Å²) >= 11 is 1.62. The topological polar surface area (TPSA) is 84.5 Å². The van der Waals surface area contributed by atoms with Crippen molar-refractivity contribution in [1.82, 2.24) is 5.32 Å². The number of nitrogens with one attached hydrogen (secondary N) is 1. The molecule has 0 aromatic heterocycles. The molecule has 0 spiro atoms. The van der Waals surface area contributed by atoms with Crippen LogP contribution in [0.3, 0.4) is 0 Å². The van der Waals surface area contributed by atoms with E-state index in [2.05, 4.69) is 10.3 Å². The van der Waals surface area contributed by atoms with Crippen molar-refractivity contribution >= 4 is 29.7 Å². The lowest BCUT2D eigenvalue weighted by molar-refractivity contribution is -0.131. The summed E-state index contributed by atoms with van der Waals surface area (Å²) in [6.07, 6.45) is 5.24. The Labute approximate surface area is 139 Å². The van der Waals surface area contributed by atoms with Crippen LogP contribution in [0.25, 0.3) is 0 Å². The third-order valence-corrected chi connectivity index (χ3v) is 5.44. The normalized spacial score (nSPS) is 27.2. The van der Waals surface area contributed by atoms with E-state index in [1.807, 2.05) is 30.3 Å². The standard InChI is InChI=1S/C17H19N3O2S/c18-15(22)14(16-19-9-10-23-16)17(7-4-8-20-17)13(21)11-12-5-2-1-3-6-12/h1-8,14,16,19H,9-11H2,(H2,18,22). The maximum atomic E-state index is 13.0. The van der Waals surface area contributed by atoms with Gasteiger partial charge in [-0.1, -0.05) is 30.3 Å². The molecular formula is C17H19N3O2S. The fraction of sp³-hybridized carbons (Fsp3) is 0.353. The van der Waals surface area contributed by atoms with Crippen LogP contribution in [0.15, 0.2) is 47.5 Å². The molecular weight excluding hydrogens is 310 g/mol. The van der Waals surface area contributed by atoms with Crippen LogP contribution in [-0.4, -0.2) is 41.1 Å². The number of hydrogen-bond acceptors (Lipinski definition) is 5. The molecule has 2 heterocycles. The van der Waals surface area contributed by atoms with Gasteiger partial charge in [0.15, 0.2) is 11.3 Å². The van der Waals surface area contributed by atoms with Crippen LogP contribution >= 0.6 is 11.8 Å². The predicted octanol–water partition coefficient (Wildman–Crippen LogP) is 0.942. The maximum absolute atomic E-state index is 13.0. The van der Waals surface area contributed by atoms with Crippen molar-refractivity contribution in [3.63, 3.8) is 0 Å². The Morgan fingerprint density at radius 3 is 2.74 bits per heavy atom. The summed E-state index contributed by atoms with van der Waals surface area (Å²) in [6.45, 7) is 0.801. The number of nitrogens with zero attached hydrogens (tertiary/aromatic N) is 1. The van der Waals surface area contributed by atoms with Gasteiger partial charge in [0.25, 0.3) is 0 Å². The van der Waals surface area contributed by atoms with Gasteiger partial charge in [0.1, 0.15) is 0 Å². The molecule has 1 saturated heterocycles. The quantitative estimate of drug-likeness (QED) is 0.813. The molecule has 3 unspecified atom stereocenters. The fourth-order valence-corrected chi connectivity index (χ4v) is 4.36. The second kappa shape index (κ2) is 6.68. The largest absolute Gasteiger partial charge is 0.369 e. The van der Waals surface area contributed by atoms with E-state index in [9.17, 15) is 9.59 Å². The van der Waals surface area contributed by atoms with E-state index < -0.39 is 17.4 Å². The van der Waals surface area contributed by atoms with Crippen molar-refractivity contribution < 1.29 is 9.59 Å². The first-order valence-corrected chi connectivity index (χ1v) is 8.63. The molecule has 5 nitrogen and oxygen atoms in total. The van der Waals surface area contributed by atoms with Gasteiger partial charge in [-0.15, -0.1) is 11.8 Å². The molecule has 120 valence electrons. The second-order valence-corrected chi connectivity index (χ2v) is 6.92. The zero-order valence-corrected chi connectivity index (χ0v) is 13.5. The van der Waals surface area contributed by atoms with Crippen LogP contribution in [-0.2, 0) is 16.0 Å². The summed E-state index contributed by atoms with van der Waals surface area (Å²) in [4.78, 5) is 29.6. The van der Waals surface area contributed by atoms with Gasteiger partial charge in [-0.05, 0) is 17.7 Å². The van der Waals surface area contributed by atoms with Crippen LogP contribution in [0.1, 0.15) is 5.56 Å². The number of Topliss-reactive ketones (excluding diaryl/α,β-unsaturated/α-hetero) is 1. The Kier molecular flexibility index (Phi) is 4.63. The van der Waals surface area contributed by atoms with Crippen molar-refractivity contribution in [3.05, 3.63) is 48.0 Å². The summed E-state index contributed by atoms with van der Waals surface area (Å²) in [5, 5.41) is 3.07. The number of benzene rings is 1. The second-order valence-electron chi connectivity index (χ2n) is 5.67. The van der Waals surface area contributed by atoms with Crippen molar-refractivity contribution in [3.8, 4) is 0 Å². The first-order valence-electron chi connectivity index (χ1n) is 7.58. The Balaban J connectivity index is 1.92. The molecule has 23 heavy (non-hydrogen) atoms. The van der Waals surface area contributed by atoms with Crippen LogP contribution in [0.5, 0.6) is 0 Å². The predicted molar refractivity (Wildman–Crippen MR) is 92.4 cm³/mol. The van der Waals surface area contributed by atoms with Crippen molar-refractivity contribution in [2.75, 3.05) is 12.3 Å². The molecule has 1 amide bonds. The number of allylic oxidation sites excluding steroid dienone is 1. The highest BCUT2D eigenvalue weighted by Gasteiger charge is 2.51. The summed E-state index contributed by atoms with van der Waals surface area (Å²) in [7, 11) is 0. The van der Waals surface area contributed by atoms with E-state index in [1.165, 1.54) is 0 Å². The Morgan fingerprint density at radius 2 is 2.17 bits per heavy atom. The third-order valence-electron chi connectivity index (χ3n) is 4.21. The average molecular weight is 329 g/mol. The minimum absolute atomic E-state index is 0.105. The highest BCUT2D eigenvalue weighted by Crippen LogP contribution is 2.36. The Morgan fingerprint density at radius 1 is 1.39 bits per heavy atom. The molecule has 1 fully saturated rings. The lowest BCUT2D eigenvalue weighted by Crippen LogP contribution is -2.55. The number of nitrogens with two attached hydrogens (primary N) is 1. The van der Waals surface area contributed by atoms with Gasteiger partial charge in [0.2, 0.25) is 5.91 Å². The van der Waals surface area contributed by atoms with E-state index >= 15 is 0 Å². The first-order chi connectivity index (χ1) is 11.1. The van der Waals surface area contributed by atoms with Gasteiger partial charge in [0.05, 0.1) is 11.3 Å². The van der Waals surface area contributed by atoms with Gasteiger partial charge in [-0.3, -0.25) is 14.6 Å². The first kappa shape index (κ1) is 16.0. The summed E-state index contributed by atoms with van der Waals surface area (Å²) in [5.41, 5.74) is 5.37. The number of carbonyl (C=O) groups is 2. The zero-order valence-electron chi connectivity index (χ0n) is 12.6. The summed E-state index contributed by atoms with van der Waals surface area (Å²) in [5.74, 6) is -0.403. The Bertz CT molecular complexity index is 639. The number of carbonyl (C=O) groups excluding carboxylic acids is 2. The smallest absolute Gasteiger partial charge is 0.226 e. The van der Waals surface area contributed by atoms with Crippen LogP contribution in [0, 0.1) is 5.92 Å². The number of hydrogen-bond donors (Lipinski definition) is 2. The summed E-state index contributed by atoms with van der Waals surface area (Å²) < 4.78 is 0. The summed E-state index contributed by atoms with van der Waals surface area (Å²) in [6, 6.07) is 9.49. The SMILES string of the molecule is NC(=O)C(C1NCCS1)C1(C(=O)Cc2ccccc2)C=CC=N1. The lowest BCUT2D eigenvalue weighted by atomic mass is 9.78. The van der Waals surface area contributed by atoms with Gasteiger partial charge >= 0.3 is 0 Å². The van der Waals surface area contributed by atoms with Gasteiger partial charge in [0, 0.05) is 24.9 Å². The minimum atomic E-state index is -1.20. The molecule has 2 aliphatic rings. The van der Waals surface area contributed by atoms with Gasteiger partial charge in [-0.25, -0.2) is 0 Å². The number of rotatable bonds is 6. The molecule has 0 saturated carbocycles. The van der Waals surface area contributed by atoms with E-state index in [4.69, 9.17) is 5.73 Å². The van der Waals surface area contributed by atoms with Crippen LogP contribution in [0.2, 0.25) is 0 Å². The Hall–Kier alpha value is -1.92. The molecule has 0 aliphatic carbocycles. The van der Waals surface area contributed by atoms with Crippen LogP contribution < -0.4 is 11.1 Å². The molecule has 6 heteroatoms. The highest BCUT2D eigenvalue weighted by atomic mass is 32.2. The number of amides is 1. The average Bonchev–Trinajstić information content (AvgIpc) is 3.21. The monoisotopic (exact) mass is 329 g/mol. The maximum Gasteiger partial charge on any atom is 0.226 e. The molecule has 3 N–H and O–H groups in total. The third kappa shape index (κ3) is 3.09. The fourth-order valence-electron chi connectivity index (χ4n) is 3.10. The van der Waals surface area contributed by atoms with Crippen molar-refractivity contribution in [2.24, 2.45) is 16.6 Å². The van der Waals surface area contributed by atoms with Crippen molar-refractivity contribution in [2.45, 2.75) is 17.3 Å². The lowest BCUT2D eigenvalue weighted by Gasteiger charge is -2.33. The molecule has 1 aromatic rings. The zero-order chi connectivity index (χ0) is 16.3. The van der Waals surface area contributed by atoms with E-state index in [1.54, 1.807) is 30.1 Å². The number of aliphatic imine (C=N–C) groups is 1. The molecule has 3 atom stereocenters. The van der Waals surface area contributed by atoms with E-state index in [-0.39, 0.29) is 17.6 Å². The molecule has 1 aromatic carbocycles. The molecule has 2 aliphatic heterocycles. The van der Waals surface area contributed by atoms with Gasteiger partial charge < -0.3 is 11.1 Å². The molecule has 3 rings (SSSR count). The van der Waals surface area contributed by atoms with E-state index in [0.717, 1.165) is 17.9 Å². The number of ketones is 1. The van der Waals surface area contributed by atoms with Gasteiger partial charge in [-0.2, -0.15) is 0 Å². The number of primary amides is 1. The highest BCUT2D eigenvalue weighted by molar-refractivity contribution is 8.00. The number of thioether (sulfide) groups is 1. The van der Waals surface area contributed by atoms with Crippen LogP contribution in [0.4, 0.5) is 0 Å². The molecule has 0 bridgehead atoms.